The minimum absolute atomic E-state index is 0.257. The van der Waals surface area contributed by atoms with Gasteiger partial charge in [-0.2, -0.15) is 0 Å². The Morgan fingerprint density at radius 2 is 1.65 bits per heavy atom. The van der Waals surface area contributed by atoms with Gasteiger partial charge in [0.15, 0.2) is 0 Å². The van der Waals surface area contributed by atoms with Crippen LogP contribution >= 0.6 is 0 Å². The molecule has 0 saturated carbocycles. The van der Waals surface area contributed by atoms with Crippen LogP contribution in [-0.2, 0) is 12.8 Å². The monoisotopic (exact) mass is 314 g/mol. The van der Waals surface area contributed by atoms with Crippen LogP contribution in [0.25, 0.3) is 0 Å². The van der Waals surface area contributed by atoms with Crippen LogP contribution in [0.1, 0.15) is 42.3 Å². The molecule has 1 aromatic heterocycles. The van der Waals surface area contributed by atoms with Crippen molar-refractivity contribution >= 4 is 0 Å². The van der Waals surface area contributed by atoms with Gasteiger partial charge in [-0.1, -0.05) is 42.8 Å². The molecule has 0 fully saturated rings. The fourth-order valence-corrected chi connectivity index (χ4v) is 2.58. The molecular formula is C19H26N2O2. The van der Waals surface area contributed by atoms with E-state index in [4.69, 9.17) is 10.8 Å². The van der Waals surface area contributed by atoms with Gasteiger partial charge in [-0.3, -0.25) is 4.98 Å². The highest BCUT2D eigenvalue weighted by Crippen LogP contribution is 2.15. The SMILES string of the molecule is NC(CO)C(O)c1cccc(CCCCCc2ccccc2)n1. The number of benzene rings is 1. The molecule has 124 valence electrons. The van der Waals surface area contributed by atoms with Crippen LogP contribution in [0.15, 0.2) is 48.5 Å². The summed E-state index contributed by atoms with van der Waals surface area (Å²) in [5, 5.41) is 19.0. The Balaban J connectivity index is 1.75. The van der Waals surface area contributed by atoms with Crippen LogP contribution < -0.4 is 5.73 Å². The molecular weight excluding hydrogens is 288 g/mol. The summed E-state index contributed by atoms with van der Waals surface area (Å²) in [6.07, 6.45) is 4.48. The highest BCUT2D eigenvalue weighted by molar-refractivity contribution is 5.15. The summed E-state index contributed by atoms with van der Waals surface area (Å²) < 4.78 is 0. The number of nitrogens with zero attached hydrogens (tertiary/aromatic N) is 1. The van der Waals surface area contributed by atoms with E-state index in [-0.39, 0.29) is 6.61 Å². The van der Waals surface area contributed by atoms with E-state index in [0.717, 1.165) is 31.4 Å². The van der Waals surface area contributed by atoms with Crippen molar-refractivity contribution in [1.82, 2.24) is 4.98 Å². The van der Waals surface area contributed by atoms with Gasteiger partial charge in [-0.15, -0.1) is 0 Å². The van der Waals surface area contributed by atoms with Crippen molar-refractivity contribution in [2.75, 3.05) is 6.61 Å². The zero-order valence-corrected chi connectivity index (χ0v) is 13.4. The summed E-state index contributed by atoms with van der Waals surface area (Å²) in [5.74, 6) is 0. The predicted molar refractivity (Wildman–Crippen MR) is 92.0 cm³/mol. The first-order chi connectivity index (χ1) is 11.2. The zero-order chi connectivity index (χ0) is 16.5. The Kier molecular flexibility index (Phi) is 7.20. The van der Waals surface area contributed by atoms with E-state index in [0.29, 0.717) is 5.69 Å². The van der Waals surface area contributed by atoms with E-state index < -0.39 is 12.1 Å². The van der Waals surface area contributed by atoms with E-state index in [2.05, 4.69) is 29.2 Å². The number of rotatable bonds is 9. The molecule has 23 heavy (non-hydrogen) atoms. The van der Waals surface area contributed by atoms with Crippen LogP contribution in [0.3, 0.4) is 0 Å². The standard InChI is InChI=1S/C19H26N2O2/c20-17(14-22)19(23)18-13-7-12-16(21-18)11-6-2-5-10-15-8-3-1-4-9-15/h1,3-4,7-9,12-13,17,19,22-23H,2,5-6,10-11,14,20H2. The minimum Gasteiger partial charge on any atom is -0.395 e. The Hall–Kier alpha value is -1.75. The molecule has 1 aromatic carbocycles. The first-order valence-electron chi connectivity index (χ1n) is 8.25. The molecule has 4 N–H and O–H groups in total. The van der Waals surface area contributed by atoms with Crippen molar-refractivity contribution in [2.45, 2.75) is 44.2 Å². The van der Waals surface area contributed by atoms with Gasteiger partial charge in [0.1, 0.15) is 6.10 Å². The van der Waals surface area contributed by atoms with Crippen molar-refractivity contribution in [3.8, 4) is 0 Å². The van der Waals surface area contributed by atoms with Crippen molar-refractivity contribution in [2.24, 2.45) is 5.73 Å². The number of hydrogen-bond donors (Lipinski definition) is 3. The van der Waals surface area contributed by atoms with Crippen LogP contribution in [0.5, 0.6) is 0 Å². The molecule has 0 aliphatic rings. The van der Waals surface area contributed by atoms with Crippen LogP contribution in [-0.4, -0.2) is 27.8 Å². The van der Waals surface area contributed by atoms with Gasteiger partial charge < -0.3 is 15.9 Å². The fraction of sp³-hybridized carbons (Fsp3) is 0.421. The third kappa shape index (κ3) is 5.75. The molecule has 2 rings (SSSR count). The minimum atomic E-state index is -0.918. The molecule has 1 heterocycles. The lowest BCUT2D eigenvalue weighted by Crippen LogP contribution is -2.32. The number of aromatic nitrogens is 1. The molecule has 0 amide bonds. The van der Waals surface area contributed by atoms with Gasteiger partial charge in [-0.25, -0.2) is 0 Å². The lowest BCUT2D eigenvalue weighted by molar-refractivity contribution is 0.106. The molecule has 4 nitrogen and oxygen atoms in total. The smallest absolute Gasteiger partial charge is 0.113 e. The Labute approximate surface area is 138 Å². The normalized spacial score (nSPS) is 13.7. The van der Waals surface area contributed by atoms with Gasteiger partial charge in [0.2, 0.25) is 0 Å². The lowest BCUT2D eigenvalue weighted by Gasteiger charge is -2.16. The number of unbranched alkanes of at least 4 members (excludes halogenated alkanes) is 2. The number of nitrogens with two attached hydrogens (primary N) is 1. The first-order valence-corrected chi connectivity index (χ1v) is 8.25. The van der Waals surface area contributed by atoms with E-state index in [1.807, 2.05) is 18.2 Å². The van der Waals surface area contributed by atoms with Crippen molar-refractivity contribution in [3.05, 3.63) is 65.5 Å². The van der Waals surface area contributed by atoms with Crippen molar-refractivity contribution in [1.29, 1.82) is 0 Å². The largest absolute Gasteiger partial charge is 0.395 e. The summed E-state index contributed by atoms with van der Waals surface area (Å²) in [7, 11) is 0. The maximum atomic E-state index is 10.0. The molecule has 0 aliphatic carbocycles. The number of aryl methyl sites for hydroxylation is 2. The molecule has 0 spiro atoms. The molecule has 2 aromatic rings. The molecule has 0 radical (unpaired) electrons. The van der Waals surface area contributed by atoms with Crippen molar-refractivity contribution < 1.29 is 10.2 Å². The second-order valence-electron chi connectivity index (χ2n) is 5.89. The van der Waals surface area contributed by atoms with Crippen LogP contribution in [0, 0.1) is 0 Å². The second-order valence-corrected chi connectivity index (χ2v) is 5.89. The van der Waals surface area contributed by atoms with Gasteiger partial charge in [-0.05, 0) is 43.4 Å². The molecule has 2 unspecified atom stereocenters. The first kappa shape index (κ1) is 17.6. The summed E-state index contributed by atoms with van der Waals surface area (Å²) in [6, 6.07) is 15.4. The molecule has 2 atom stereocenters. The van der Waals surface area contributed by atoms with Crippen molar-refractivity contribution in [3.63, 3.8) is 0 Å². The van der Waals surface area contributed by atoms with Gasteiger partial charge >= 0.3 is 0 Å². The Morgan fingerprint density at radius 1 is 0.913 bits per heavy atom. The number of hydrogen-bond acceptors (Lipinski definition) is 4. The summed E-state index contributed by atoms with van der Waals surface area (Å²) in [6.45, 7) is -0.257. The third-order valence-electron chi connectivity index (χ3n) is 3.99. The van der Waals surface area contributed by atoms with E-state index >= 15 is 0 Å². The zero-order valence-electron chi connectivity index (χ0n) is 13.4. The van der Waals surface area contributed by atoms with E-state index in [1.165, 1.54) is 12.0 Å². The average Bonchev–Trinajstić information content (AvgIpc) is 2.61. The Morgan fingerprint density at radius 3 is 2.39 bits per heavy atom. The van der Waals surface area contributed by atoms with Gasteiger partial charge in [0, 0.05) is 5.69 Å². The van der Waals surface area contributed by atoms with Gasteiger partial charge in [0.25, 0.3) is 0 Å². The molecule has 0 saturated heterocycles. The molecule has 0 bridgehead atoms. The highest BCUT2D eigenvalue weighted by Gasteiger charge is 2.17. The highest BCUT2D eigenvalue weighted by atomic mass is 16.3. The quantitative estimate of drug-likeness (QED) is 0.621. The third-order valence-corrected chi connectivity index (χ3v) is 3.99. The van der Waals surface area contributed by atoms with Crippen LogP contribution in [0.2, 0.25) is 0 Å². The lowest BCUT2D eigenvalue weighted by atomic mass is 10.0. The van der Waals surface area contributed by atoms with Gasteiger partial charge in [0.05, 0.1) is 18.3 Å². The summed E-state index contributed by atoms with van der Waals surface area (Å²) in [5.41, 5.74) is 8.54. The predicted octanol–water partition coefficient (Wildman–Crippen LogP) is 2.39. The summed E-state index contributed by atoms with van der Waals surface area (Å²) >= 11 is 0. The summed E-state index contributed by atoms with van der Waals surface area (Å²) in [4.78, 5) is 4.46. The topological polar surface area (TPSA) is 79.4 Å². The number of aliphatic hydroxyl groups excluding tert-OH is 2. The maximum absolute atomic E-state index is 10.0. The second kappa shape index (κ2) is 9.40. The number of pyridine rings is 1. The maximum Gasteiger partial charge on any atom is 0.113 e. The Bertz CT molecular complexity index is 575. The number of aliphatic hydroxyl groups is 2. The molecule has 4 heteroatoms. The molecule has 0 aliphatic heterocycles. The van der Waals surface area contributed by atoms with E-state index in [1.54, 1.807) is 6.07 Å². The van der Waals surface area contributed by atoms with E-state index in [9.17, 15) is 5.11 Å². The fourth-order valence-electron chi connectivity index (χ4n) is 2.58. The van der Waals surface area contributed by atoms with Crippen LogP contribution in [0.4, 0.5) is 0 Å². The average molecular weight is 314 g/mol.